The normalized spacial score (nSPS) is 12.9. The maximum Gasteiger partial charge on any atom is 0.451 e. The molecule has 1 N–H and O–H groups in total. The Kier molecular flexibility index (Phi) is 3.68. The van der Waals surface area contributed by atoms with Gasteiger partial charge in [0.15, 0.2) is 5.16 Å². The molecular weight excluding hydrogens is 164 g/mol. The van der Waals surface area contributed by atoms with Crippen LogP contribution >= 0.6 is 0 Å². The first kappa shape index (κ1) is 10.3. The summed E-state index contributed by atoms with van der Waals surface area (Å²) in [5, 5.41) is 21.1. The third kappa shape index (κ3) is 2.19. The van der Waals surface area contributed by atoms with Gasteiger partial charge in [-0.2, -0.15) is 0 Å². The Bertz CT molecular complexity index is 233. The molecule has 0 amide bonds. The molecule has 7 nitrogen and oxygen atoms in total. The van der Waals surface area contributed by atoms with E-state index in [1.54, 1.807) is 14.1 Å². The van der Waals surface area contributed by atoms with E-state index in [2.05, 4.69) is 10.1 Å². The molecule has 0 fully saturated rings. The van der Waals surface area contributed by atoms with E-state index in [1.165, 1.54) is 11.9 Å². The van der Waals surface area contributed by atoms with Gasteiger partial charge >= 0.3 is 5.84 Å². The third-order valence-electron chi connectivity index (χ3n) is 1.10. The van der Waals surface area contributed by atoms with Crippen molar-refractivity contribution >= 4 is 11.7 Å². The molecule has 0 saturated heterocycles. The molecular formula is C5H10N4O3. The van der Waals surface area contributed by atoms with Crippen molar-refractivity contribution in [3.05, 3.63) is 10.1 Å². The Morgan fingerprint density at radius 2 is 2.08 bits per heavy atom. The minimum Gasteiger partial charge on any atom is -0.358 e. The molecule has 0 aromatic heterocycles. The van der Waals surface area contributed by atoms with Gasteiger partial charge in [0.05, 0.1) is 0 Å². The molecule has 0 heterocycles. The largest absolute Gasteiger partial charge is 0.451 e. The molecule has 0 rings (SSSR count). The van der Waals surface area contributed by atoms with E-state index in [-0.39, 0.29) is 5.84 Å². The fourth-order valence-electron chi connectivity index (χ4n) is 0.663. The maximum absolute atomic E-state index is 10.2. The van der Waals surface area contributed by atoms with Crippen LogP contribution in [0.4, 0.5) is 0 Å². The SMILES string of the molecule is C/N=C(\C(=N\O)[N+](=O)[O-])N(C)C. The zero-order chi connectivity index (χ0) is 9.72. The van der Waals surface area contributed by atoms with Gasteiger partial charge in [-0.25, -0.2) is 0 Å². The number of nitro groups is 1. The predicted molar refractivity (Wildman–Crippen MR) is 43.3 cm³/mol. The molecule has 0 bridgehead atoms. The fourth-order valence-corrected chi connectivity index (χ4v) is 0.663. The summed E-state index contributed by atoms with van der Waals surface area (Å²) >= 11 is 0. The highest BCUT2D eigenvalue weighted by Gasteiger charge is 2.23. The fraction of sp³-hybridized carbons (Fsp3) is 0.600. The summed E-state index contributed by atoms with van der Waals surface area (Å²) in [6, 6.07) is 0. The highest BCUT2D eigenvalue weighted by atomic mass is 16.6. The molecule has 0 aliphatic heterocycles. The zero-order valence-electron chi connectivity index (χ0n) is 7.05. The quantitative estimate of drug-likeness (QED) is 0.178. The van der Waals surface area contributed by atoms with E-state index in [4.69, 9.17) is 5.21 Å². The van der Waals surface area contributed by atoms with Crippen LogP contribution in [0.15, 0.2) is 10.1 Å². The first-order valence-electron chi connectivity index (χ1n) is 3.05. The van der Waals surface area contributed by atoms with E-state index in [1.807, 2.05) is 0 Å². The van der Waals surface area contributed by atoms with Crippen molar-refractivity contribution in [3.63, 3.8) is 0 Å². The lowest BCUT2D eigenvalue weighted by Gasteiger charge is -2.10. The smallest absolute Gasteiger partial charge is 0.358 e. The van der Waals surface area contributed by atoms with Gasteiger partial charge < -0.3 is 20.2 Å². The second-order valence-electron chi connectivity index (χ2n) is 2.12. The standard InChI is InChI=1S/C5H10N4O3/c1-6-4(8(2)3)5(7-10)9(11)12/h10H,1-3H3/b6-4+,7-5-. The maximum atomic E-state index is 10.2. The molecule has 0 saturated carbocycles. The van der Waals surface area contributed by atoms with E-state index in [0.717, 1.165) is 0 Å². The van der Waals surface area contributed by atoms with Crippen molar-refractivity contribution in [2.75, 3.05) is 21.1 Å². The third-order valence-corrected chi connectivity index (χ3v) is 1.10. The molecule has 0 radical (unpaired) electrons. The Morgan fingerprint density at radius 3 is 2.17 bits per heavy atom. The van der Waals surface area contributed by atoms with Gasteiger partial charge in [-0.05, 0) is 4.92 Å². The Morgan fingerprint density at radius 1 is 1.58 bits per heavy atom. The molecule has 7 heteroatoms. The van der Waals surface area contributed by atoms with Crippen LogP contribution in [-0.4, -0.2) is 47.8 Å². The molecule has 0 aliphatic carbocycles. The van der Waals surface area contributed by atoms with Crippen molar-refractivity contribution in [2.45, 2.75) is 0 Å². The number of oxime groups is 1. The van der Waals surface area contributed by atoms with Crippen LogP contribution in [0.25, 0.3) is 0 Å². The number of hydrogen-bond donors (Lipinski definition) is 1. The zero-order valence-corrected chi connectivity index (χ0v) is 7.05. The molecule has 0 aromatic rings. The van der Waals surface area contributed by atoms with Crippen LogP contribution < -0.4 is 0 Å². The van der Waals surface area contributed by atoms with Crippen molar-refractivity contribution in [1.29, 1.82) is 0 Å². The molecule has 0 atom stereocenters. The van der Waals surface area contributed by atoms with Gasteiger partial charge in [0.2, 0.25) is 5.84 Å². The second kappa shape index (κ2) is 4.27. The minimum atomic E-state index is -0.803. The molecule has 0 aliphatic rings. The first-order chi connectivity index (χ1) is 5.54. The molecule has 68 valence electrons. The van der Waals surface area contributed by atoms with Crippen molar-refractivity contribution < 1.29 is 10.1 Å². The van der Waals surface area contributed by atoms with Crippen molar-refractivity contribution in [3.8, 4) is 0 Å². The topological polar surface area (TPSA) is 91.3 Å². The van der Waals surface area contributed by atoms with Gasteiger partial charge in [0, 0.05) is 21.1 Å². The summed E-state index contributed by atoms with van der Waals surface area (Å²) < 4.78 is 0. The highest BCUT2D eigenvalue weighted by molar-refractivity contribution is 6.36. The molecule has 12 heavy (non-hydrogen) atoms. The van der Waals surface area contributed by atoms with E-state index < -0.39 is 10.8 Å². The van der Waals surface area contributed by atoms with Gasteiger partial charge in [-0.3, -0.25) is 4.99 Å². The molecule has 0 aromatic carbocycles. The number of likely N-dealkylation sites (N-methyl/N-ethyl adjacent to an activating group) is 1. The Labute approximate surface area is 69.2 Å². The summed E-state index contributed by atoms with van der Waals surface area (Å²) in [6.07, 6.45) is 0. The van der Waals surface area contributed by atoms with Crippen LogP contribution in [0.2, 0.25) is 0 Å². The number of amidine groups is 2. The Balaban J connectivity index is 4.85. The summed E-state index contributed by atoms with van der Waals surface area (Å²) in [7, 11) is 4.51. The minimum absolute atomic E-state index is 0.0162. The monoisotopic (exact) mass is 174 g/mol. The summed E-state index contributed by atoms with van der Waals surface area (Å²) in [4.78, 5) is 14.4. The first-order valence-corrected chi connectivity index (χ1v) is 3.05. The molecule has 0 unspecified atom stereocenters. The Hall–Kier alpha value is -1.66. The number of hydrogen-bond acceptors (Lipinski definition) is 5. The van der Waals surface area contributed by atoms with Crippen LogP contribution in [-0.2, 0) is 0 Å². The number of nitrogens with zero attached hydrogens (tertiary/aromatic N) is 4. The summed E-state index contributed by atoms with van der Waals surface area (Å²) in [5.74, 6) is -0.648. The van der Waals surface area contributed by atoms with Crippen molar-refractivity contribution in [2.24, 2.45) is 10.1 Å². The summed E-state index contributed by atoms with van der Waals surface area (Å²) in [6.45, 7) is 0. The van der Waals surface area contributed by atoms with Gasteiger partial charge in [0.1, 0.15) is 0 Å². The van der Waals surface area contributed by atoms with Gasteiger partial charge in [0.25, 0.3) is 0 Å². The average molecular weight is 174 g/mol. The van der Waals surface area contributed by atoms with E-state index in [0.29, 0.717) is 0 Å². The van der Waals surface area contributed by atoms with Crippen LogP contribution in [0.5, 0.6) is 0 Å². The van der Waals surface area contributed by atoms with Gasteiger partial charge in [-0.1, -0.05) is 0 Å². The highest BCUT2D eigenvalue weighted by Crippen LogP contribution is 1.89. The van der Waals surface area contributed by atoms with E-state index >= 15 is 0 Å². The average Bonchev–Trinajstić information content (AvgIpc) is 1.98. The predicted octanol–water partition coefficient (Wildman–Crippen LogP) is -0.359. The lowest BCUT2D eigenvalue weighted by Crippen LogP contribution is -2.35. The van der Waals surface area contributed by atoms with Crippen LogP contribution in [0, 0.1) is 10.1 Å². The van der Waals surface area contributed by atoms with Crippen LogP contribution in [0.1, 0.15) is 0 Å². The molecule has 0 spiro atoms. The number of rotatable bonds is 0. The summed E-state index contributed by atoms with van der Waals surface area (Å²) in [5.41, 5.74) is 0. The second-order valence-corrected chi connectivity index (χ2v) is 2.12. The van der Waals surface area contributed by atoms with Gasteiger partial charge in [-0.15, -0.1) is 0 Å². The van der Waals surface area contributed by atoms with E-state index in [9.17, 15) is 10.1 Å². The lowest BCUT2D eigenvalue weighted by molar-refractivity contribution is -0.348. The van der Waals surface area contributed by atoms with Crippen molar-refractivity contribution in [1.82, 2.24) is 4.90 Å². The number of aliphatic imine (C=N–C) groups is 1. The lowest BCUT2D eigenvalue weighted by atomic mass is 10.5. The van der Waals surface area contributed by atoms with Crippen LogP contribution in [0.3, 0.4) is 0 Å².